The monoisotopic (exact) mass is 902 g/mol. The molecule has 0 saturated carbocycles. The van der Waals surface area contributed by atoms with Crippen molar-refractivity contribution in [1.82, 2.24) is 20.2 Å². The second-order valence-electron chi connectivity index (χ2n) is 13.6. The number of benzene rings is 2. The maximum atomic E-state index is 12.2. The molecule has 2 saturated heterocycles. The number of hydrogen-bond acceptors (Lipinski definition) is 8. The Morgan fingerprint density at radius 3 is 1.59 bits per heavy atom. The fourth-order valence-electron chi connectivity index (χ4n) is 5.23. The third-order valence-corrected chi connectivity index (χ3v) is 8.79. The number of ether oxygens (including phenoxy) is 3. The molecular formula is C41H43Br2F3N4O6. The average molecular weight is 905 g/mol. The maximum Gasteiger partial charge on any atom is 0.490 e. The molecule has 2 N–H and O–H groups in total. The van der Waals surface area contributed by atoms with Gasteiger partial charge in [-0.3, -0.25) is 0 Å². The van der Waals surface area contributed by atoms with Crippen molar-refractivity contribution < 1.29 is 42.1 Å². The van der Waals surface area contributed by atoms with Gasteiger partial charge in [-0.25, -0.2) is 19.6 Å². The first-order valence-corrected chi connectivity index (χ1v) is 19.3. The fourth-order valence-corrected chi connectivity index (χ4v) is 5.70. The van der Waals surface area contributed by atoms with Gasteiger partial charge in [-0.05, 0) is 139 Å². The highest BCUT2D eigenvalue weighted by molar-refractivity contribution is 9.10. The van der Waals surface area contributed by atoms with Crippen molar-refractivity contribution in [2.45, 2.75) is 58.2 Å². The molecule has 6 rings (SSSR count). The first-order chi connectivity index (χ1) is 26.5. The topological polar surface area (TPSA) is 123 Å². The van der Waals surface area contributed by atoms with Crippen LogP contribution in [0.4, 0.5) is 18.0 Å². The molecule has 2 aliphatic rings. The van der Waals surface area contributed by atoms with E-state index >= 15 is 0 Å². The summed E-state index contributed by atoms with van der Waals surface area (Å²) in [6.45, 7) is 9.17. The first kappa shape index (κ1) is 44.0. The number of nitrogens with one attached hydrogen (secondary N) is 1. The summed E-state index contributed by atoms with van der Waals surface area (Å²) in [7, 11) is 0. The lowest BCUT2D eigenvalue weighted by molar-refractivity contribution is -0.192. The molecule has 1 amide bonds. The van der Waals surface area contributed by atoms with Crippen LogP contribution in [0.5, 0.6) is 23.3 Å². The summed E-state index contributed by atoms with van der Waals surface area (Å²) in [5.41, 5.74) is 4.61. The average Bonchev–Trinajstić information content (AvgIpc) is 3.14. The Bertz CT molecular complexity index is 1950. The van der Waals surface area contributed by atoms with Gasteiger partial charge >= 0.3 is 18.2 Å². The minimum Gasteiger partial charge on any atom is -0.475 e. The van der Waals surface area contributed by atoms with Crippen LogP contribution in [0.15, 0.2) is 105 Å². The standard InChI is InChI=1S/C22H25BrN2O3.C17H17BrN2O.C2HF3O2/c1-22(2,3)28-21(26)25-11-9-16(10-12-25)13-17-5-4-6-19(14-17)27-20-8-7-18(23)15-24-20;18-15-4-5-17(20-12-15)21-16-3-1-2-14(11-16)10-13-6-8-19-9-7-13;3-2(4,5)1(6)7/h4-8,13-15H,9-12H2,1-3H3;1-5,10-12,19H,6-9H2;(H,6,7). The lowest BCUT2D eigenvalue weighted by Gasteiger charge is -2.31. The number of carboxylic acid groups (broad SMARTS) is 1. The number of aromatic nitrogens is 2. The highest BCUT2D eigenvalue weighted by Crippen LogP contribution is 2.27. The number of carbonyl (C=O) groups is 2. The van der Waals surface area contributed by atoms with Crippen molar-refractivity contribution in [2.75, 3.05) is 26.2 Å². The Labute approximate surface area is 341 Å². The van der Waals surface area contributed by atoms with Crippen LogP contribution >= 0.6 is 31.9 Å². The van der Waals surface area contributed by atoms with Crippen molar-refractivity contribution in [1.29, 1.82) is 0 Å². The number of halogens is 5. The maximum absolute atomic E-state index is 12.2. The fraction of sp³-hybridized carbons (Fsp3) is 0.317. The van der Waals surface area contributed by atoms with Crippen molar-refractivity contribution >= 4 is 56.1 Å². The van der Waals surface area contributed by atoms with Crippen LogP contribution < -0.4 is 14.8 Å². The molecule has 10 nitrogen and oxygen atoms in total. The Balaban J connectivity index is 0.000000218. The molecule has 15 heteroatoms. The molecule has 298 valence electrons. The van der Waals surface area contributed by atoms with Crippen LogP contribution in [0, 0.1) is 0 Å². The summed E-state index contributed by atoms with van der Waals surface area (Å²) in [5.74, 6) is -0.0421. The zero-order valence-corrected chi connectivity index (χ0v) is 34.3. The Hall–Kier alpha value is -4.73. The van der Waals surface area contributed by atoms with Gasteiger partial charge in [-0.1, -0.05) is 47.6 Å². The molecule has 0 radical (unpaired) electrons. The molecule has 56 heavy (non-hydrogen) atoms. The number of carboxylic acids is 1. The van der Waals surface area contributed by atoms with E-state index in [-0.39, 0.29) is 6.09 Å². The van der Waals surface area contributed by atoms with Gasteiger partial charge in [-0.2, -0.15) is 13.2 Å². The highest BCUT2D eigenvalue weighted by Gasteiger charge is 2.38. The quantitative estimate of drug-likeness (QED) is 0.195. The van der Waals surface area contributed by atoms with E-state index in [0.717, 1.165) is 64.8 Å². The SMILES string of the molecule is Brc1ccc(Oc2cccc(C=C3CCNCC3)c2)nc1.CC(C)(C)OC(=O)N1CCC(=Cc2cccc(Oc3ccc(Br)cn3)c2)CC1.O=C(O)C(F)(F)F. The Morgan fingerprint density at radius 1 is 0.750 bits per heavy atom. The molecule has 0 aliphatic carbocycles. The summed E-state index contributed by atoms with van der Waals surface area (Å²) in [6.07, 6.45) is 6.51. The second-order valence-corrected chi connectivity index (χ2v) is 15.4. The largest absolute Gasteiger partial charge is 0.490 e. The number of rotatable bonds is 6. The molecule has 2 aliphatic heterocycles. The van der Waals surface area contributed by atoms with Crippen LogP contribution in [0.1, 0.15) is 57.6 Å². The van der Waals surface area contributed by atoms with Gasteiger partial charge in [0.1, 0.15) is 17.1 Å². The highest BCUT2D eigenvalue weighted by atomic mass is 79.9. The van der Waals surface area contributed by atoms with Gasteiger partial charge in [0.05, 0.1) is 0 Å². The molecule has 2 fully saturated rings. The zero-order valence-electron chi connectivity index (χ0n) is 31.1. The summed E-state index contributed by atoms with van der Waals surface area (Å²) >= 11 is 6.73. The second kappa shape index (κ2) is 21.0. The number of hydrogen-bond donors (Lipinski definition) is 2. The smallest absolute Gasteiger partial charge is 0.475 e. The minimum absolute atomic E-state index is 0.232. The molecule has 0 atom stereocenters. The van der Waals surface area contributed by atoms with Crippen molar-refractivity contribution in [3.8, 4) is 23.3 Å². The van der Waals surface area contributed by atoms with Gasteiger partial charge in [0.2, 0.25) is 11.8 Å². The van der Waals surface area contributed by atoms with E-state index in [2.05, 4.69) is 77.5 Å². The summed E-state index contributed by atoms with van der Waals surface area (Å²) in [4.78, 5) is 31.3. The van der Waals surface area contributed by atoms with Crippen LogP contribution in [-0.4, -0.2) is 70.0 Å². The van der Waals surface area contributed by atoms with E-state index in [9.17, 15) is 18.0 Å². The number of pyridine rings is 2. The van der Waals surface area contributed by atoms with Crippen molar-refractivity contribution in [3.63, 3.8) is 0 Å². The third kappa shape index (κ3) is 16.2. The van der Waals surface area contributed by atoms with Gasteiger partial charge in [0.25, 0.3) is 0 Å². The number of likely N-dealkylation sites (tertiary alicyclic amines) is 1. The number of alkyl halides is 3. The number of amides is 1. The molecular weight excluding hydrogens is 861 g/mol. The predicted molar refractivity (Wildman–Crippen MR) is 216 cm³/mol. The lowest BCUT2D eigenvalue weighted by atomic mass is 10.0. The third-order valence-electron chi connectivity index (χ3n) is 7.85. The van der Waals surface area contributed by atoms with Crippen molar-refractivity contribution in [2.24, 2.45) is 0 Å². The number of nitrogens with zero attached hydrogens (tertiary/aromatic N) is 3. The molecule has 4 heterocycles. The number of carbonyl (C=O) groups excluding carboxylic acids is 1. The van der Waals surface area contributed by atoms with Gasteiger partial charge in [0, 0.05) is 46.6 Å². The van der Waals surface area contributed by atoms with Crippen LogP contribution in [0.25, 0.3) is 12.2 Å². The predicted octanol–water partition coefficient (Wildman–Crippen LogP) is 11.1. The Morgan fingerprint density at radius 2 is 1.20 bits per heavy atom. The molecule has 4 aromatic rings. The van der Waals surface area contributed by atoms with Crippen LogP contribution in [0.3, 0.4) is 0 Å². The molecule has 0 unspecified atom stereocenters. The van der Waals surface area contributed by atoms with Gasteiger partial charge in [0.15, 0.2) is 0 Å². The van der Waals surface area contributed by atoms with E-state index in [4.69, 9.17) is 24.1 Å². The number of piperidine rings is 2. The van der Waals surface area contributed by atoms with E-state index in [1.807, 2.05) is 75.4 Å². The molecule has 2 aromatic carbocycles. The van der Waals surface area contributed by atoms with Crippen LogP contribution in [0.2, 0.25) is 0 Å². The van der Waals surface area contributed by atoms with E-state index in [1.165, 1.54) is 16.7 Å². The molecule has 0 bridgehead atoms. The normalized spacial score (nSPS) is 14.2. The van der Waals surface area contributed by atoms with E-state index < -0.39 is 17.7 Å². The molecule has 0 spiro atoms. The summed E-state index contributed by atoms with van der Waals surface area (Å²) in [6, 6.07) is 23.5. The van der Waals surface area contributed by atoms with Gasteiger partial charge < -0.3 is 29.5 Å². The van der Waals surface area contributed by atoms with Crippen molar-refractivity contribution in [3.05, 3.63) is 116 Å². The zero-order chi connectivity index (χ0) is 40.7. The van der Waals surface area contributed by atoms with E-state index in [1.54, 1.807) is 17.3 Å². The lowest BCUT2D eigenvalue weighted by Crippen LogP contribution is -2.40. The van der Waals surface area contributed by atoms with Crippen LogP contribution in [-0.2, 0) is 9.53 Å². The number of aliphatic carboxylic acids is 1. The Kier molecular flexibility index (Phi) is 16.5. The van der Waals surface area contributed by atoms with Gasteiger partial charge in [-0.15, -0.1) is 0 Å². The summed E-state index contributed by atoms with van der Waals surface area (Å²) in [5, 5.41) is 10.5. The molecule has 2 aromatic heterocycles. The summed E-state index contributed by atoms with van der Waals surface area (Å²) < 4.78 is 50.7. The minimum atomic E-state index is -5.08. The first-order valence-electron chi connectivity index (χ1n) is 17.7. The van der Waals surface area contributed by atoms with E-state index in [0.29, 0.717) is 24.8 Å².